The molecule has 3 N–H and O–H groups in total. The molecule has 8 nitrogen and oxygen atoms in total. The number of likely N-dealkylation sites (tertiary alicyclic amines) is 1. The number of halogens is 1. The molecule has 1 aromatic carbocycles. The normalized spacial score (nSPS) is 18.0. The van der Waals surface area contributed by atoms with Crippen LogP contribution in [0.5, 0.6) is 0 Å². The zero-order valence-corrected chi connectivity index (χ0v) is 22.1. The monoisotopic (exact) mass is 520 g/mol. The van der Waals surface area contributed by atoms with E-state index in [0.29, 0.717) is 37.9 Å². The zero-order valence-electron chi connectivity index (χ0n) is 21.3. The minimum absolute atomic E-state index is 0.0672. The van der Waals surface area contributed by atoms with Crippen molar-refractivity contribution < 1.29 is 23.9 Å². The molecule has 2 saturated heterocycles. The molecule has 1 aromatic rings. The molecule has 0 saturated carbocycles. The number of rotatable bonds is 8. The maximum absolute atomic E-state index is 15.0. The van der Waals surface area contributed by atoms with Gasteiger partial charge in [0.15, 0.2) is 0 Å². The summed E-state index contributed by atoms with van der Waals surface area (Å²) in [4.78, 5) is 41.0. The van der Waals surface area contributed by atoms with Gasteiger partial charge in [-0.2, -0.15) is 11.8 Å². The molecule has 0 aliphatic carbocycles. The molecule has 2 heterocycles. The fourth-order valence-corrected chi connectivity index (χ4v) is 5.89. The number of carboxylic acids is 1. The van der Waals surface area contributed by atoms with Gasteiger partial charge in [-0.15, -0.1) is 0 Å². The Morgan fingerprint density at radius 2 is 1.81 bits per heavy atom. The second-order valence-corrected chi connectivity index (χ2v) is 11.4. The van der Waals surface area contributed by atoms with E-state index in [1.54, 1.807) is 24.8 Å². The van der Waals surface area contributed by atoms with Crippen LogP contribution in [0.15, 0.2) is 18.2 Å². The highest BCUT2D eigenvalue weighted by molar-refractivity contribution is 7.99. The lowest BCUT2D eigenvalue weighted by Crippen LogP contribution is -2.54. The van der Waals surface area contributed by atoms with Gasteiger partial charge in [-0.3, -0.25) is 19.8 Å². The maximum Gasteiger partial charge on any atom is 0.303 e. The quantitative estimate of drug-likeness (QED) is 0.357. The highest BCUT2D eigenvalue weighted by Crippen LogP contribution is 2.30. The molecule has 3 rings (SSSR count). The van der Waals surface area contributed by atoms with E-state index in [0.717, 1.165) is 24.6 Å². The molecule has 198 valence electrons. The molecular formula is C26H37FN4O4S. The van der Waals surface area contributed by atoms with Crippen LogP contribution in [0.3, 0.4) is 0 Å². The number of piperidine rings is 1. The fraction of sp³-hybridized carbons (Fsp3) is 0.615. The summed E-state index contributed by atoms with van der Waals surface area (Å²) in [6, 6.07) is 3.72. The van der Waals surface area contributed by atoms with Gasteiger partial charge in [0.05, 0.1) is 11.0 Å². The Labute approximate surface area is 216 Å². The van der Waals surface area contributed by atoms with Crippen molar-refractivity contribution >= 4 is 35.4 Å². The smallest absolute Gasteiger partial charge is 0.303 e. The van der Waals surface area contributed by atoms with E-state index in [1.165, 1.54) is 12.1 Å². The molecule has 0 radical (unpaired) electrons. The Balaban J connectivity index is 1.65. The van der Waals surface area contributed by atoms with E-state index in [1.807, 2.05) is 23.6 Å². The second kappa shape index (κ2) is 12.1. The van der Waals surface area contributed by atoms with E-state index in [-0.39, 0.29) is 29.6 Å². The molecular weight excluding hydrogens is 483 g/mol. The van der Waals surface area contributed by atoms with Crippen LogP contribution in [0.4, 0.5) is 4.39 Å². The third-order valence-electron chi connectivity index (χ3n) is 7.32. The van der Waals surface area contributed by atoms with E-state index in [9.17, 15) is 18.8 Å². The Kier molecular flexibility index (Phi) is 9.38. The average molecular weight is 521 g/mol. The van der Waals surface area contributed by atoms with E-state index < -0.39 is 29.2 Å². The number of nitrogens with zero attached hydrogens (tertiary/aromatic N) is 2. The van der Waals surface area contributed by atoms with Crippen LogP contribution in [0, 0.1) is 22.6 Å². The van der Waals surface area contributed by atoms with Crippen LogP contribution < -0.4 is 5.32 Å². The number of carbonyl (C=O) groups is 3. The summed E-state index contributed by atoms with van der Waals surface area (Å²) in [6.45, 7) is 7.90. The van der Waals surface area contributed by atoms with Crippen molar-refractivity contribution in [3.8, 4) is 0 Å². The largest absolute Gasteiger partial charge is 0.481 e. The van der Waals surface area contributed by atoms with Crippen LogP contribution in [0.2, 0.25) is 0 Å². The van der Waals surface area contributed by atoms with E-state index in [2.05, 4.69) is 5.32 Å². The first-order valence-electron chi connectivity index (χ1n) is 12.6. The molecule has 2 fully saturated rings. The molecule has 2 aliphatic heterocycles. The summed E-state index contributed by atoms with van der Waals surface area (Å²) >= 11 is 1.83. The van der Waals surface area contributed by atoms with Crippen molar-refractivity contribution in [1.82, 2.24) is 15.1 Å². The minimum Gasteiger partial charge on any atom is -0.481 e. The number of carbonyl (C=O) groups excluding carboxylic acids is 2. The van der Waals surface area contributed by atoms with Gasteiger partial charge in [-0.05, 0) is 51.2 Å². The number of amidine groups is 1. The molecule has 0 spiro atoms. The van der Waals surface area contributed by atoms with E-state index in [4.69, 9.17) is 10.5 Å². The maximum atomic E-state index is 15.0. The third-order valence-corrected chi connectivity index (χ3v) is 8.26. The summed E-state index contributed by atoms with van der Waals surface area (Å²) in [5, 5.41) is 20.3. The summed E-state index contributed by atoms with van der Waals surface area (Å²) in [5.74, 6) is -0.0292. The standard InChI is InChI=1S/C26H37FN4O4S/c1-4-21(26(2,3)25(35)31-9-7-17(8-10-31)15-22(32)33)29-24(34)19-6-5-18(16-20(19)27)23(28)30-11-13-36-14-12-30/h5-6,16-17,21,28H,4,7-15H2,1-3H3,(H,29,34)(H,32,33). The van der Waals surface area contributed by atoms with Crippen molar-refractivity contribution in [2.45, 2.75) is 52.5 Å². The van der Waals surface area contributed by atoms with Crippen LogP contribution >= 0.6 is 11.8 Å². The molecule has 1 unspecified atom stereocenters. The number of hydrogen-bond acceptors (Lipinski definition) is 5. The van der Waals surface area contributed by atoms with Gasteiger partial charge in [0.25, 0.3) is 5.91 Å². The lowest BCUT2D eigenvalue weighted by atomic mass is 9.80. The number of hydrogen-bond donors (Lipinski definition) is 3. The molecule has 2 aliphatic rings. The SMILES string of the molecule is CCC(NC(=O)c1ccc(C(=N)N2CCSCC2)cc1F)C(C)(C)C(=O)N1CCC(CC(=O)O)CC1. The summed E-state index contributed by atoms with van der Waals surface area (Å²) in [7, 11) is 0. The average Bonchev–Trinajstić information content (AvgIpc) is 2.86. The molecule has 0 bridgehead atoms. The van der Waals surface area contributed by atoms with Crippen LogP contribution in [0.25, 0.3) is 0 Å². The first-order valence-corrected chi connectivity index (χ1v) is 13.7. The topological polar surface area (TPSA) is 114 Å². The van der Waals surface area contributed by atoms with Gasteiger partial charge >= 0.3 is 5.97 Å². The summed E-state index contributed by atoms with van der Waals surface area (Å²) < 4.78 is 15.0. The van der Waals surface area contributed by atoms with Crippen LogP contribution in [0.1, 0.15) is 62.4 Å². The number of thioether (sulfide) groups is 1. The summed E-state index contributed by atoms with van der Waals surface area (Å²) in [5.41, 5.74) is -0.601. The molecule has 2 amide bonds. The molecule has 1 atom stereocenters. The fourth-order valence-electron chi connectivity index (χ4n) is 4.99. The zero-order chi connectivity index (χ0) is 26.5. The lowest BCUT2D eigenvalue weighted by molar-refractivity contribution is -0.143. The van der Waals surface area contributed by atoms with Crippen molar-refractivity contribution in [2.24, 2.45) is 11.3 Å². The number of benzene rings is 1. The Bertz CT molecular complexity index is 988. The Morgan fingerprint density at radius 1 is 1.17 bits per heavy atom. The highest BCUT2D eigenvalue weighted by atomic mass is 32.2. The highest BCUT2D eigenvalue weighted by Gasteiger charge is 2.41. The van der Waals surface area contributed by atoms with Gasteiger partial charge in [0.2, 0.25) is 5.91 Å². The number of amides is 2. The van der Waals surface area contributed by atoms with Crippen molar-refractivity contribution in [3.63, 3.8) is 0 Å². The Hall–Kier alpha value is -2.62. The van der Waals surface area contributed by atoms with Gasteiger partial charge < -0.3 is 20.2 Å². The predicted molar refractivity (Wildman–Crippen MR) is 139 cm³/mol. The van der Waals surface area contributed by atoms with Gasteiger partial charge in [-0.25, -0.2) is 4.39 Å². The lowest BCUT2D eigenvalue weighted by Gasteiger charge is -2.40. The number of carboxylic acid groups (broad SMARTS) is 1. The minimum atomic E-state index is -0.922. The number of aliphatic carboxylic acids is 1. The third kappa shape index (κ3) is 6.57. The van der Waals surface area contributed by atoms with Crippen LogP contribution in [-0.2, 0) is 9.59 Å². The molecule has 0 aromatic heterocycles. The van der Waals surface area contributed by atoms with Crippen molar-refractivity contribution in [1.29, 1.82) is 5.41 Å². The van der Waals surface area contributed by atoms with Gasteiger partial charge in [-0.1, -0.05) is 13.0 Å². The Morgan fingerprint density at radius 3 is 2.36 bits per heavy atom. The van der Waals surface area contributed by atoms with Crippen molar-refractivity contribution in [2.75, 3.05) is 37.7 Å². The van der Waals surface area contributed by atoms with E-state index >= 15 is 0 Å². The van der Waals surface area contributed by atoms with Crippen molar-refractivity contribution in [3.05, 3.63) is 35.1 Å². The summed E-state index contributed by atoms with van der Waals surface area (Å²) in [6.07, 6.45) is 1.87. The first-order chi connectivity index (χ1) is 17.0. The number of nitrogens with one attached hydrogen (secondary N) is 2. The van der Waals surface area contributed by atoms with Crippen LogP contribution in [-0.4, -0.2) is 82.3 Å². The van der Waals surface area contributed by atoms with Gasteiger partial charge in [0, 0.05) is 55.7 Å². The van der Waals surface area contributed by atoms with Gasteiger partial charge in [0.1, 0.15) is 11.7 Å². The predicted octanol–water partition coefficient (Wildman–Crippen LogP) is 3.45. The first kappa shape index (κ1) is 28.0. The molecule has 36 heavy (non-hydrogen) atoms. The molecule has 10 heteroatoms. The second-order valence-electron chi connectivity index (χ2n) is 10.1.